The third-order valence-corrected chi connectivity index (χ3v) is 1.91. The number of ether oxygens (including phenoxy) is 2. The second-order valence-corrected chi connectivity index (χ2v) is 3.14. The number of hydrogen-bond acceptors (Lipinski definition) is 3. The van der Waals surface area contributed by atoms with E-state index in [4.69, 9.17) is 14.9 Å². The number of nitrogens with one attached hydrogen (secondary N) is 1. The Morgan fingerprint density at radius 1 is 1.38 bits per heavy atom. The molecule has 13 heavy (non-hydrogen) atoms. The minimum atomic E-state index is 0.308. The number of benzene rings is 1. The molecule has 2 rings (SSSR count). The average molecular weight is 177 g/mol. The summed E-state index contributed by atoms with van der Waals surface area (Å²) in [6.07, 6.45) is 0.677. The lowest BCUT2D eigenvalue weighted by atomic mass is 10.1. The van der Waals surface area contributed by atoms with Crippen molar-refractivity contribution in [1.29, 1.82) is 5.41 Å². The van der Waals surface area contributed by atoms with Crippen LogP contribution in [0.2, 0.25) is 0 Å². The van der Waals surface area contributed by atoms with E-state index in [1.165, 1.54) is 0 Å². The molecule has 0 amide bonds. The van der Waals surface area contributed by atoms with Crippen LogP contribution in [0.25, 0.3) is 0 Å². The Balaban J connectivity index is 2.25. The molecule has 0 aromatic heterocycles. The van der Waals surface area contributed by atoms with E-state index in [-0.39, 0.29) is 0 Å². The fourth-order valence-electron chi connectivity index (χ4n) is 1.36. The van der Waals surface area contributed by atoms with Crippen LogP contribution in [0.1, 0.15) is 12.5 Å². The molecule has 1 heterocycles. The summed E-state index contributed by atoms with van der Waals surface area (Å²) in [4.78, 5) is 0. The third kappa shape index (κ3) is 1.64. The lowest BCUT2D eigenvalue weighted by molar-refractivity contribution is 0.174. The van der Waals surface area contributed by atoms with Crippen LogP contribution >= 0.6 is 0 Å². The Kier molecular flexibility index (Phi) is 1.93. The zero-order valence-corrected chi connectivity index (χ0v) is 7.46. The Labute approximate surface area is 76.8 Å². The van der Waals surface area contributed by atoms with Gasteiger partial charge in [0.25, 0.3) is 0 Å². The van der Waals surface area contributed by atoms with Gasteiger partial charge in [0.15, 0.2) is 11.5 Å². The molecule has 0 spiro atoms. The van der Waals surface area contributed by atoms with Crippen molar-refractivity contribution >= 4 is 5.71 Å². The first-order valence-electron chi connectivity index (χ1n) is 4.18. The predicted octanol–water partition coefficient (Wildman–Crippen LogP) is 2.00. The highest BCUT2D eigenvalue weighted by atomic mass is 16.7. The van der Waals surface area contributed by atoms with E-state index in [2.05, 4.69) is 0 Å². The Bertz CT molecular complexity index is 347. The van der Waals surface area contributed by atoms with Gasteiger partial charge < -0.3 is 14.9 Å². The molecule has 0 aliphatic carbocycles. The van der Waals surface area contributed by atoms with E-state index in [1.54, 1.807) is 6.92 Å². The number of hydrogen-bond donors (Lipinski definition) is 1. The fourth-order valence-corrected chi connectivity index (χ4v) is 1.36. The molecule has 68 valence electrons. The molecule has 0 radical (unpaired) electrons. The molecule has 0 saturated carbocycles. The maximum atomic E-state index is 7.36. The van der Waals surface area contributed by atoms with Crippen LogP contribution in [0, 0.1) is 5.41 Å². The van der Waals surface area contributed by atoms with Gasteiger partial charge in [-0.3, -0.25) is 0 Å². The topological polar surface area (TPSA) is 42.3 Å². The molecular formula is C10H11NO2. The van der Waals surface area contributed by atoms with Gasteiger partial charge in [-0.1, -0.05) is 6.07 Å². The molecule has 1 N–H and O–H groups in total. The van der Waals surface area contributed by atoms with Gasteiger partial charge in [-0.25, -0.2) is 0 Å². The molecule has 0 bridgehead atoms. The Hall–Kier alpha value is -1.51. The quantitative estimate of drug-likeness (QED) is 0.702. The Morgan fingerprint density at radius 3 is 2.92 bits per heavy atom. The average Bonchev–Trinajstić information content (AvgIpc) is 2.49. The molecule has 1 aliphatic rings. The second-order valence-electron chi connectivity index (χ2n) is 3.14. The SMILES string of the molecule is CC(=N)Cc1ccc2c(c1)OCO2. The summed E-state index contributed by atoms with van der Waals surface area (Å²) in [5, 5.41) is 7.36. The van der Waals surface area contributed by atoms with Gasteiger partial charge in [0.1, 0.15) is 0 Å². The van der Waals surface area contributed by atoms with Crippen molar-refractivity contribution in [3.05, 3.63) is 23.8 Å². The van der Waals surface area contributed by atoms with Crippen molar-refractivity contribution in [3.63, 3.8) is 0 Å². The maximum absolute atomic E-state index is 7.36. The highest BCUT2D eigenvalue weighted by Gasteiger charge is 2.12. The van der Waals surface area contributed by atoms with E-state index in [0.717, 1.165) is 17.1 Å². The first-order valence-corrected chi connectivity index (χ1v) is 4.18. The summed E-state index contributed by atoms with van der Waals surface area (Å²) < 4.78 is 10.4. The summed E-state index contributed by atoms with van der Waals surface area (Å²) in [7, 11) is 0. The highest BCUT2D eigenvalue weighted by Crippen LogP contribution is 2.32. The van der Waals surface area contributed by atoms with Gasteiger partial charge in [-0.15, -0.1) is 0 Å². The van der Waals surface area contributed by atoms with Gasteiger partial charge in [0.2, 0.25) is 6.79 Å². The van der Waals surface area contributed by atoms with Crippen molar-refractivity contribution in [2.75, 3.05) is 6.79 Å². The monoisotopic (exact) mass is 177 g/mol. The van der Waals surface area contributed by atoms with Gasteiger partial charge in [0.05, 0.1) is 0 Å². The van der Waals surface area contributed by atoms with Crippen molar-refractivity contribution in [2.45, 2.75) is 13.3 Å². The minimum absolute atomic E-state index is 0.308. The van der Waals surface area contributed by atoms with E-state index < -0.39 is 0 Å². The molecule has 0 atom stereocenters. The molecular weight excluding hydrogens is 166 g/mol. The van der Waals surface area contributed by atoms with Crippen LogP contribution in [0.15, 0.2) is 18.2 Å². The van der Waals surface area contributed by atoms with Crippen LogP contribution < -0.4 is 9.47 Å². The van der Waals surface area contributed by atoms with E-state index >= 15 is 0 Å². The fraction of sp³-hybridized carbons (Fsp3) is 0.300. The maximum Gasteiger partial charge on any atom is 0.231 e. The molecule has 1 aliphatic heterocycles. The normalized spacial score (nSPS) is 13.0. The van der Waals surface area contributed by atoms with Crippen molar-refractivity contribution in [2.24, 2.45) is 0 Å². The van der Waals surface area contributed by atoms with Crippen LogP contribution in [-0.2, 0) is 6.42 Å². The van der Waals surface area contributed by atoms with Crippen LogP contribution in [0.5, 0.6) is 11.5 Å². The van der Waals surface area contributed by atoms with Crippen LogP contribution in [-0.4, -0.2) is 12.5 Å². The first kappa shape index (κ1) is 8.10. The second kappa shape index (κ2) is 3.09. The van der Waals surface area contributed by atoms with Crippen LogP contribution in [0.3, 0.4) is 0 Å². The van der Waals surface area contributed by atoms with Crippen molar-refractivity contribution in [1.82, 2.24) is 0 Å². The lowest BCUT2D eigenvalue weighted by Crippen LogP contribution is -1.95. The summed E-state index contributed by atoms with van der Waals surface area (Å²) in [6, 6.07) is 5.78. The molecule has 3 heteroatoms. The van der Waals surface area contributed by atoms with Gasteiger partial charge >= 0.3 is 0 Å². The highest BCUT2D eigenvalue weighted by molar-refractivity contribution is 5.81. The number of rotatable bonds is 2. The van der Waals surface area contributed by atoms with E-state index in [0.29, 0.717) is 18.9 Å². The van der Waals surface area contributed by atoms with Crippen molar-refractivity contribution < 1.29 is 9.47 Å². The van der Waals surface area contributed by atoms with Crippen LogP contribution in [0.4, 0.5) is 0 Å². The zero-order valence-electron chi connectivity index (χ0n) is 7.46. The predicted molar refractivity (Wildman–Crippen MR) is 49.7 cm³/mol. The molecule has 1 aromatic carbocycles. The largest absolute Gasteiger partial charge is 0.454 e. The van der Waals surface area contributed by atoms with Gasteiger partial charge in [0, 0.05) is 12.1 Å². The zero-order chi connectivity index (χ0) is 9.26. The van der Waals surface area contributed by atoms with Gasteiger partial charge in [-0.05, 0) is 24.6 Å². The summed E-state index contributed by atoms with van der Waals surface area (Å²) in [6.45, 7) is 2.10. The van der Waals surface area contributed by atoms with Crippen molar-refractivity contribution in [3.8, 4) is 11.5 Å². The first-order chi connectivity index (χ1) is 6.25. The molecule has 0 saturated heterocycles. The third-order valence-electron chi connectivity index (χ3n) is 1.91. The smallest absolute Gasteiger partial charge is 0.231 e. The molecule has 3 nitrogen and oxygen atoms in total. The summed E-state index contributed by atoms with van der Waals surface area (Å²) in [5.74, 6) is 1.59. The summed E-state index contributed by atoms with van der Waals surface area (Å²) in [5.41, 5.74) is 1.75. The number of fused-ring (bicyclic) bond motifs is 1. The minimum Gasteiger partial charge on any atom is -0.454 e. The Morgan fingerprint density at radius 2 is 2.15 bits per heavy atom. The van der Waals surface area contributed by atoms with E-state index in [1.807, 2.05) is 18.2 Å². The molecule has 0 fully saturated rings. The standard InChI is InChI=1S/C10H11NO2/c1-7(11)4-8-2-3-9-10(5-8)13-6-12-9/h2-3,5,11H,4,6H2,1H3. The molecule has 1 aromatic rings. The van der Waals surface area contributed by atoms with E-state index in [9.17, 15) is 0 Å². The summed E-state index contributed by atoms with van der Waals surface area (Å²) >= 11 is 0. The lowest BCUT2D eigenvalue weighted by Gasteiger charge is -2.00. The van der Waals surface area contributed by atoms with Gasteiger partial charge in [-0.2, -0.15) is 0 Å². The molecule has 0 unspecified atom stereocenters.